The van der Waals surface area contributed by atoms with Gasteiger partial charge < -0.3 is 5.11 Å². The summed E-state index contributed by atoms with van der Waals surface area (Å²) < 4.78 is 0. The van der Waals surface area contributed by atoms with E-state index in [1.165, 1.54) is 31.2 Å². The average Bonchev–Trinajstić information content (AvgIpc) is 3.19. The Hall–Kier alpha value is -2.13. The van der Waals surface area contributed by atoms with Gasteiger partial charge in [0.05, 0.1) is 6.54 Å². The van der Waals surface area contributed by atoms with Crippen molar-refractivity contribution < 1.29 is 9.90 Å². The molecule has 4 rings (SSSR count). The molecule has 1 aliphatic carbocycles. The van der Waals surface area contributed by atoms with Crippen LogP contribution >= 0.6 is 0 Å². The minimum Gasteiger partial charge on any atom is -0.508 e. The molecular weight excluding hydrogens is 322 g/mol. The fraction of sp³-hybridized carbons (Fsp3) is 0.435. The molecule has 2 aliphatic rings. The second kappa shape index (κ2) is 7.63. The first kappa shape index (κ1) is 17.3. The number of fused-ring (bicyclic) bond motifs is 1. The Morgan fingerprint density at radius 3 is 2.27 bits per heavy atom. The summed E-state index contributed by atoms with van der Waals surface area (Å²) in [4.78, 5) is 14.8. The van der Waals surface area contributed by atoms with Crippen molar-refractivity contribution in [2.75, 3.05) is 19.6 Å². The maximum absolute atomic E-state index is 12.4. The molecule has 1 aliphatic heterocycles. The number of phenols is 1. The quantitative estimate of drug-likeness (QED) is 0.796. The van der Waals surface area contributed by atoms with E-state index < -0.39 is 0 Å². The summed E-state index contributed by atoms with van der Waals surface area (Å²) in [6.07, 6.45) is 5.13. The zero-order valence-corrected chi connectivity index (χ0v) is 15.2. The molecule has 0 bridgehead atoms. The fourth-order valence-electron chi connectivity index (χ4n) is 4.84. The highest BCUT2D eigenvalue weighted by Crippen LogP contribution is 2.43. The third-order valence-electron chi connectivity index (χ3n) is 6.16. The smallest absolute Gasteiger partial charge is 0.176 e. The standard InChI is InChI=1S/C23H27NO2/c25-22-10-8-19(9-11-22)23(26)16-24-14-20-12-18(13-21(20)15-24)7-6-17-4-2-1-3-5-17/h1-5,8-11,18,20-21,25H,6-7,12-16H2. The summed E-state index contributed by atoms with van der Waals surface area (Å²) in [5.41, 5.74) is 2.14. The van der Waals surface area contributed by atoms with E-state index in [0.29, 0.717) is 12.1 Å². The Labute approximate surface area is 155 Å². The first-order valence-corrected chi connectivity index (χ1v) is 9.76. The third kappa shape index (κ3) is 3.99. The van der Waals surface area contributed by atoms with E-state index in [1.54, 1.807) is 24.3 Å². The lowest BCUT2D eigenvalue weighted by molar-refractivity contribution is 0.0939. The van der Waals surface area contributed by atoms with Gasteiger partial charge in [0.15, 0.2) is 5.78 Å². The molecule has 0 amide bonds. The molecule has 2 atom stereocenters. The van der Waals surface area contributed by atoms with Crippen molar-refractivity contribution in [2.45, 2.75) is 25.7 Å². The van der Waals surface area contributed by atoms with Crippen LogP contribution in [0.15, 0.2) is 54.6 Å². The summed E-state index contributed by atoms with van der Waals surface area (Å²) >= 11 is 0. The molecule has 2 aromatic carbocycles. The average molecular weight is 349 g/mol. The van der Waals surface area contributed by atoms with E-state index in [2.05, 4.69) is 35.2 Å². The van der Waals surface area contributed by atoms with Crippen LogP contribution in [0.3, 0.4) is 0 Å². The van der Waals surface area contributed by atoms with Crippen LogP contribution in [0.4, 0.5) is 0 Å². The van der Waals surface area contributed by atoms with Crippen LogP contribution in [-0.4, -0.2) is 35.4 Å². The summed E-state index contributed by atoms with van der Waals surface area (Å²) in [5, 5.41) is 9.35. The van der Waals surface area contributed by atoms with Gasteiger partial charge in [-0.1, -0.05) is 30.3 Å². The molecule has 0 spiro atoms. The summed E-state index contributed by atoms with van der Waals surface area (Å²) in [6.45, 7) is 2.64. The molecule has 1 heterocycles. The summed E-state index contributed by atoms with van der Waals surface area (Å²) in [6, 6.07) is 17.4. The van der Waals surface area contributed by atoms with Crippen LogP contribution < -0.4 is 0 Å². The maximum Gasteiger partial charge on any atom is 0.176 e. The first-order valence-electron chi connectivity index (χ1n) is 9.76. The Balaban J connectivity index is 1.24. The van der Waals surface area contributed by atoms with Crippen LogP contribution in [0.5, 0.6) is 5.75 Å². The summed E-state index contributed by atoms with van der Waals surface area (Å²) in [7, 11) is 0. The van der Waals surface area contributed by atoms with Gasteiger partial charge in [0.1, 0.15) is 5.75 Å². The lowest BCUT2D eigenvalue weighted by atomic mass is 9.96. The number of likely N-dealkylation sites (tertiary alicyclic amines) is 1. The number of hydrogen-bond donors (Lipinski definition) is 1. The number of nitrogens with zero attached hydrogens (tertiary/aromatic N) is 1. The number of benzene rings is 2. The van der Waals surface area contributed by atoms with Crippen molar-refractivity contribution in [3.05, 3.63) is 65.7 Å². The first-order chi connectivity index (χ1) is 12.7. The zero-order valence-electron chi connectivity index (χ0n) is 15.2. The number of carbonyl (C=O) groups excluding carboxylic acids is 1. The number of rotatable bonds is 6. The molecule has 136 valence electrons. The van der Waals surface area contributed by atoms with Gasteiger partial charge in [-0.05, 0) is 73.3 Å². The number of hydrogen-bond acceptors (Lipinski definition) is 3. The highest BCUT2D eigenvalue weighted by molar-refractivity contribution is 5.97. The van der Waals surface area contributed by atoms with Gasteiger partial charge >= 0.3 is 0 Å². The largest absolute Gasteiger partial charge is 0.508 e. The molecule has 26 heavy (non-hydrogen) atoms. The van der Waals surface area contributed by atoms with Gasteiger partial charge in [0, 0.05) is 18.7 Å². The topological polar surface area (TPSA) is 40.5 Å². The van der Waals surface area contributed by atoms with E-state index >= 15 is 0 Å². The van der Waals surface area contributed by atoms with Crippen molar-refractivity contribution in [3.8, 4) is 5.75 Å². The number of Topliss-reactive ketones (excluding diaryl/α,β-unsaturated/α-hetero) is 1. The molecule has 1 saturated heterocycles. The van der Waals surface area contributed by atoms with E-state index in [9.17, 15) is 9.90 Å². The predicted molar refractivity (Wildman–Crippen MR) is 103 cm³/mol. The second-order valence-electron chi connectivity index (χ2n) is 8.05. The fourth-order valence-corrected chi connectivity index (χ4v) is 4.84. The SMILES string of the molecule is O=C(CN1CC2CC(CCc3ccccc3)CC2C1)c1ccc(O)cc1. The maximum atomic E-state index is 12.4. The van der Waals surface area contributed by atoms with E-state index in [4.69, 9.17) is 0 Å². The van der Waals surface area contributed by atoms with Crippen molar-refractivity contribution >= 4 is 5.78 Å². The van der Waals surface area contributed by atoms with Crippen molar-refractivity contribution in [1.29, 1.82) is 0 Å². The Bertz CT molecular complexity index is 727. The normalized spacial score (nSPS) is 25.3. The second-order valence-corrected chi connectivity index (χ2v) is 8.05. The van der Waals surface area contributed by atoms with Gasteiger partial charge in [-0.2, -0.15) is 0 Å². The van der Waals surface area contributed by atoms with Crippen LogP contribution in [-0.2, 0) is 6.42 Å². The van der Waals surface area contributed by atoms with Gasteiger partial charge in [-0.3, -0.25) is 9.69 Å². The number of ketones is 1. The number of phenolic OH excluding ortho intramolecular Hbond substituents is 1. The molecule has 1 N–H and O–H groups in total. The molecular formula is C23H27NO2. The molecule has 2 fully saturated rings. The Morgan fingerprint density at radius 1 is 0.962 bits per heavy atom. The Morgan fingerprint density at radius 2 is 1.62 bits per heavy atom. The zero-order chi connectivity index (χ0) is 17.9. The van der Waals surface area contributed by atoms with Crippen molar-refractivity contribution in [2.24, 2.45) is 17.8 Å². The minimum absolute atomic E-state index is 0.158. The summed E-state index contributed by atoms with van der Waals surface area (Å²) in [5.74, 6) is 2.75. The molecule has 3 heteroatoms. The van der Waals surface area contributed by atoms with Crippen molar-refractivity contribution in [1.82, 2.24) is 4.90 Å². The number of aryl methyl sites for hydroxylation is 1. The Kier molecular flexibility index (Phi) is 5.07. The van der Waals surface area contributed by atoms with Gasteiger partial charge in [0.25, 0.3) is 0 Å². The third-order valence-corrected chi connectivity index (χ3v) is 6.16. The van der Waals surface area contributed by atoms with E-state index in [-0.39, 0.29) is 11.5 Å². The molecule has 1 saturated carbocycles. The molecule has 2 unspecified atom stereocenters. The van der Waals surface area contributed by atoms with Crippen molar-refractivity contribution in [3.63, 3.8) is 0 Å². The predicted octanol–water partition coefficient (Wildman–Crippen LogP) is 4.17. The van der Waals surface area contributed by atoms with Crippen LogP contribution in [0.1, 0.15) is 35.2 Å². The molecule has 0 aromatic heterocycles. The van der Waals surface area contributed by atoms with Gasteiger partial charge in [-0.15, -0.1) is 0 Å². The van der Waals surface area contributed by atoms with Crippen LogP contribution in [0, 0.1) is 17.8 Å². The number of carbonyl (C=O) groups is 1. The van der Waals surface area contributed by atoms with Gasteiger partial charge in [0.2, 0.25) is 0 Å². The lowest BCUT2D eigenvalue weighted by Crippen LogP contribution is -2.29. The number of aromatic hydroxyl groups is 1. The van der Waals surface area contributed by atoms with Gasteiger partial charge in [-0.25, -0.2) is 0 Å². The van der Waals surface area contributed by atoms with E-state index in [0.717, 1.165) is 30.8 Å². The van der Waals surface area contributed by atoms with Crippen LogP contribution in [0.2, 0.25) is 0 Å². The monoisotopic (exact) mass is 349 g/mol. The van der Waals surface area contributed by atoms with Crippen LogP contribution in [0.25, 0.3) is 0 Å². The van der Waals surface area contributed by atoms with E-state index in [1.807, 2.05) is 0 Å². The highest BCUT2D eigenvalue weighted by Gasteiger charge is 2.40. The molecule has 3 nitrogen and oxygen atoms in total. The molecule has 2 aromatic rings. The molecule has 0 radical (unpaired) electrons. The minimum atomic E-state index is 0.158. The highest BCUT2D eigenvalue weighted by atomic mass is 16.3. The lowest BCUT2D eigenvalue weighted by Gasteiger charge is -2.18.